The van der Waals surface area contributed by atoms with Crippen LogP contribution in [0.4, 0.5) is 0 Å². The Morgan fingerprint density at radius 2 is 1.63 bits per heavy atom. The smallest absolute Gasteiger partial charge is 0.0676 e. The maximum Gasteiger partial charge on any atom is 0.0676 e. The van der Waals surface area contributed by atoms with Crippen molar-refractivity contribution in [2.24, 2.45) is 5.92 Å². The van der Waals surface area contributed by atoms with Crippen LogP contribution in [0, 0.1) is 5.92 Å². The van der Waals surface area contributed by atoms with Crippen LogP contribution in [0.5, 0.6) is 0 Å². The molecule has 0 aromatic heterocycles. The van der Waals surface area contributed by atoms with Crippen LogP contribution >= 0.6 is 0 Å². The largest absolute Gasteiger partial charge is 0.380 e. The summed E-state index contributed by atoms with van der Waals surface area (Å²) in [5, 5.41) is 0. The van der Waals surface area contributed by atoms with E-state index in [0.717, 1.165) is 51.4 Å². The van der Waals surface area contributed by atoms with E-state index in [1.165, 1.54) is 27.9 Å². The van der Waals surface area contributed by atoms with Crippen molar-refractivity contribution >= 4 is 0 Å². The molecule has 0 saturated heterocycles. The molecule has 0 spiro atoms. The van der Waals surface area contributed by atoms with Crippen molar-refractivity contribution in [3.05, 3.63) is 58.7 Å². The van der Waals surface area contributed by atoms with Gasteiger partial charge < -0.3 is 4.74 Å². The van der Waals surface area contributed by atoms with Crippen molar-refractivity contribution in [3.8, 4) is 0 Å². The third-order valence-electron chi connectivity index (χ3n) is 5.60. The summed E-state index contributed by atoms with van der Waals surface area (Å²) in [7, 11) is 1.86. The molecule has 0 radical (unpaired) electrons. The van der Waals surface area contributed by atoms with Crippen LogP contribution in [0.2, 0.25) is 0 Å². The van der Waals surface area contributed by atoms with Gasteiger partial charge in [0.1, 0.15) is 0 Å². The summed E-state index contributed by atoms with van der Waals surface area (Å²) in [5.41, 5.74) is 7.15. The molecular weight excluding hydrogens is 328 g/mol. The lowest BCUT2D eigenvalue weighted by molar-refractivity contribution is 0.0648. The Morgan fingerprint density at radius 1 is 1.04 bits per heavy atom. The molecule has 0 aromatic rings. The zero-order chi connectivity index (χ0) is 20.2. The first-order chi connectivity index (χ1) is 12.8. The number of rotatable bonds is 5. The van der Waals surface area contributed by atoms with Gasteiger partial charge in [0.05, 0.1) is 6.10 Å². The maximum atomic E-state index is 5.98. The van der Waals surface area contributed by atoms with E-state index in [0.29, 0.717) is 5.92 Å². The SMILES string of the molecule is C=C(CCC=C(C)C)C1CC=C(C)CCC=C(C)CCC=C(C)CC1OC. The summed E-state index contributed by atoms with van der Waals surface area (Å²) in [4.78, 5) is 0. The van der Waals surface area contributed by atoms with Crippen molar-refractivity contribution < 1.29 is 4.74 Å². The second-order valence-electron chi connectivity index (χ2n) is 8.53. The van der Waals surface area contributed by atoms with Gasteiger partial charge in [0.25, 0.3) is 0 Å². The van der Waals surface area contributed by atoms with Crippen LogP contribution in [0.3, 0.4) is 0 Å². The molecule has 1 rings (SSSR count). The maximum absolute atomic E-state index is 5.98. The molecule has 2 unspecified atom stereocenters. The first-order valence-corrected chi connectivity index (χ1v) is 10.6. The average Bonchev–Trinajstić information content (AvgIpc) is 2.59. The zero-order valence-corrected chi connectivity index (χ0v) is 18.7. The topological polar surface area (TPSA) is 9.23 Å². The third kappa shape index (κ3) is 9.96. The molecule has 1 nitrogen and oxygen atoms in total. The molecule has 152 valence electrons. The number of methoxy groups -OCH3 is 1. The molecule has 0 N–H and O–H groups in total. The molecule has 27 heavy (non-hydrogen) atoms. The van der Waals surface area contributed by atoms with Gasteiger partial charge >= 0.3 is 0 Å². The zero-order valence-electron chi connectivity index (χ0n) is 18.7. The quantitative estimate of drug-likeness (QED) is 0.444. The molecule has 2 atom stereocenters. The summed E-state index contributed by atoms with van der Waals surface area (Å²) in [6.07, 6.45) is 18.5. The second kappa shape index (κ2) is 12.9. The highest BCUT2D eigenvalue weighted by molar-refractivity contribution is 5.14. The Kier molecular flexibility index (Phi) is 11.4. The van der Waals surface area contributed by atoms with Crippen LogP contribution in [0.1, 0.15) is 86.0 Å². The van der Waals surface area contributed by atoms with Gasteiger partial charge in [0.2, 0.25) is 0 Å². The van der Waals surface area contributed by atoms with Gasteiger partial charge in [-0.25, -0.2) is 0 Å². The monoisotopic (exact) mass is 370 g/mol. The van der Waals surface area contributed by atoms with Crippen LogP contribution in [-0.4, -0.2) is 13.2 Å². The van der Waals surface area contributed by atoms with Crippen LogP contribution < -0.4 is 0 Å². The first-order valence-electron chi connectivity index (χ1n) is 10.6. The Hall–Kier alpha value is -1.34. The van der Waals surface area contributed by atoms with E-state index in [-0.39, 0.29) is 6.10 Å². The Labute approximate surface area is 169 Å². The molecule has 0 aromatic carbocycles. The minimum Gasteiger partial charge on any atom is -0.380 e. The summed E-state index contributed by atoms with van der Waals surface area (Å²) in [5.74, 6) is 0.388. The molecule has 0 aliphatic heterocycles. The molecule has 0 bridgehead atoms. The van der Waals surface area contributed by atoms with Crippen molar-refractivity contribution in [3.63, 3.8) is 0 Å². The van der Waals surface area contributed by atoms with Gasteiger partial charge in [-0.3, -0.25) is 0 Å². The fraction of sp³-hybridized carbons (Fsp3) is 0.615. The lowest BCUT2D eigenvalue weighted by Gasteiger charge is -2.28. The molecule has 1 heteroatoms. The highest BCUT2D eigenvalue weighted by Crippen LogP contribution is 2.30. The van der Waals surface area contributed by atoms with E-state index < -0.39 is 0 Å². The van der Waals surface area contributed by atoms with E-state index in [1.54, 1.807) is 0 Å². The molecular formula is C26H42O. The first kappa shape index (κ1) is 23.7. The van der Waals surface area contributed by atoms with Gasteiger partial charge in [0.15, 0.2) is 0 Å². The van der Waals surface area contributed by atoms with Gasteiger partial charge in [-0.05, 0) is 86.0 Å². The lowest BCUT2D eigenvalue weighted by Crippen LogP contribution is -2.24. The van der Waals surface area contributed by atoms with E-state index in [9.17, 15) is 0 Å². The summed E-state index contributed by atoms with van der Waals surface area (Å²) in [6, 6.07) is 0. The van der Waals surface area contributed by atoms with Gasteiger partial charge in [-0.15, -0.1) is 0 Å². The van der Waals surface area contributed by atoms with E-state index in [1.807, 2.05) is 7.11 Å². The Balaban J connectivity index is 3.00. The standard InChI is InChI=1S/C26H42O/c1-20(2)11-8-16-24(6)25-18-17-22(4)14-9-12-21(3)13-10-15-23(5)19-26(25)27-7/h11-12,15,17,25-26H,6,8-10,13-14,16,18-19H2,1-5,7H3. The summed E-state index contributed by atoms with van der Waals surface area (Å²) >= 11 is 0. The van der Waals surface area contributed by atoms with Crippen molar-refractivity contribution in [2.75, 3.05) is 7.11 Å². The van der Waals surface area contributed by atoms with Gasteiger partial charge in [-0.2, -0.15) is 0 Å². The normalized spacial score (nSPS) is 22.8. The summed E-state index contributed by atoms with van der Waals surface area (Å²) < 4.78 is 5.98. The number of hydrogen-bond donors (Lipinski definition) is 0. The van der Waals surface area contributed by atoms with Gasteiger partial charge in [-0.1, -0.05) is 58.7 Å². The van der Waals surface area contributed by atoms with Crippen molar-refractivity contribution in [1.82, 2.24) is 0 Å². The molecule has 0 saturated carbocycles. The highest BCUT2D eigenvalue weighted by atomic mass is 16.5. The molecule has 1 aliphatic rings. The number of hydrogen-bond acceptors (Lipinski definition) is 1. The minimum absolute atomic E-state index is 0.212. The van der Waals surface area contributed by atoms with E-state index in [2.05, 4.69) is 65.5 Å². The molecule has 0 fully saturated rings. The van der Waals surface area contributed by atoms with Crippen molar-refractivity contribution in [2.45, 2.75) is 92.1 Å². The Bertz CT molecular complexity index is 581. The predicted molar refractivity (Wildman–Crippen MR) is 121 cm³/mol. The van der Waals surface area contributed by atoms with Crippen LogP contribution in [-0.2, 0) is 4.74 Å². The molecule has 1 aliphatic carbocycles. The highest BCUT2D eigenvalue weighted by Gasteiger charge is 2.23. The van der Waals surface area contributed by atoms with Crippen LogP contribution in [0.15, 0.2) is 58.7 Å². The fourth-order valence-electron chi connectivity index (χ4n) is 3.73. The molecule has 0 amide bonds. The minimum atomic E-state index is 0.212. The third-order valence-corrected chi connectivity index (χ3v) is 5.60. The van der Waals surface area contributed by atoms with Crippen molar-refractivity contribution in [1.29, 1.82) is 0 Å². The predicted octanol–water partition coefficient (Wildman–Crippen LogP) is 8.11. The number of allylic oxidation sites excluding steroid dienone is 7. The average molecular weight is 371 g/mol. The van der Waals surface area contributed by atoms with E-state index >= 15 is 0 Å². The van der Waals surface area contributed by atoms with Gasteiger partial charge in [0, 0.05) is 13.0 Å². The molecule has 0 heterocycles. The lowest BCUT2D eigenvalue weighted by atomic mass is 9.84. The Morgan fingerprint density at radius 3 is 2.22 bits per heavy atom. The summed E-state index contributed by atoms with van der Waals surface area (Å²) in [6.45, 7) is 15.6. The van der Waals surface area contributed by atoms with E-state index in [4.69, 9.17) is 4.74 Å². The number of ether oxygens (including phenoxy) is 1. The fourth-order valence-corrected chi connectivity index (χ4v) is 3.73. The second-order valence-corrected chi connectivity index (χ2v) is 8.53. The van der Waals surface area contributed by atoms with Crippen LogP contribution in [0.25, 0.3) is 0 Å².